The molecule has 98 valence electrons. The van der Waals surface area contributed by atoms with E-state index in [4.69, 9.17) is 4.74 Å². The van der Waals surface area contributed by atoms with Crippen LogP contribution in [0.4, 0.5) is 0 Å². The highest BCUT2D eigenvalue weighted by atomic mass is 16.5. The summed E-state index contributed by atoms with van der Waals surface area (Å²) in [6, 6.07) is 3.59. The first-order valence-corrected chi connectivity index (χ1v) is 6.37. The lowest BCUT2D eigenvalue weighted by molar-refractivity contribution is -0.132. The topological polar surface area (TPSA) is 46.5 Å². The largest absolute Gasteiger partial charge is 0.508 e. The molecular formula is C15H20O3. The Balaban J connectivity index is 2.53. The Morgan fingerprint density at radius 2 is 2.06 bits per heavy atom. The lowest BCUT2D eigenvalue weighted by Crippen LogP contribution is -2.39. The molecule has 0 unspecified atom stereocenters. The molecule has 1 N–H and O–H groups in total. The number of benzene rings is 1. The average molecular weight is 248 g/mol. The van der Waals surface area contributed by atoms with Gasteiger partial charge in [0.05, 0.1) is 0 Å². The molecule has 1 aromatic carbocycles. The smallest absolute Gasteiger partial charge is 0.175 e. The molecular weight excluding hydrogens is 228 g/mol. The molecule has 0 amide bonds. The van der Waals surface area contributed by atoms with Crippen LogP contribution in [0.5, 0.6) is 11.5 Å². The van der Waals surface area contributed by atoms with Crippen LogP contribution >= 0.6 is 0 Å². The number of phenolic OH excluding ortho intramolecular Hbond substituents is 1. The zero-order valence-electron chi connectivity index (χ0n) is 11.4. The van der Waals surface area contributed by atoms with Gasteiger partial charge in [-0.1, -0.05) is 6.92 Å². The number of aromatic hydroxyl groups is 1. The number of carbonyl (C=O) groups is 1. The van der Waals surface area contributed by atoms with Gasteiger partial charge in [0.15, 0.2) is 11.4 Å². The molecule has 1 aliphatic rings. The van der Waals surface area contributed by atoms with Crippen molar-refractivity contribution in [2.75, 3.05) is 0 Å². The van der Waals surface area contributed by atoms with Crippen LogP contribution in [0.3, 0.4) is 0 Å². The SMILES string of the molecule is Cc1cc2c(cc1O)[C@H](C)CCC(=O)C(C)(C)O2. The number of hydrogen-bond acceptors (Lipinski definition) is 3. The maximum Gasteiger partial charge on any atom is 0.175 e. The molecule has 1 atom stereocenters. The Kier molecular flexibility index (Phi) is 3.09. The summed E-state index contributed by atoms with van der Waals surface area (Å²) in [6.07, 6.45) is 1.31. The van der Waals surface area contributed by atoms with Gasteiger partial charge in [-0.25, -0.2) is 0 Å². The van der Waals surface area contributed by atoms with Crippen molar-refractivity contribution in [3.63, 3.8) is 0 Å². The molecule has 2 rings (SSSR count). The van der Waals surface area contributed by atoms with Gasteiger partial charge in [-0.15, -0.1) is 0 Å². The Labute approximate surface area is 108 Å². The molecule has 0 aromatic heterocycles. The van der Waals surface area contributed by atoms with Crippen molar-refractivity contribution >= 4 is 5.78 Å². The van der Waals surface area contributed by atoms with Crippen LogP contribution in [0, 0.1) is 6.92 Å². The first-order chi connectivity index (χ1) is 8.31. The molecule has 1 aromatic rings. The van der Waals surface area contributed by atoms with Crippen LogP contribution in [0.25, 0.3) is 0 Å². The zero-order chi connectivity index (χ0) is 13.5. The maximum atomic E-state index is 12.0. The highest BCUT2D eigenvalue weighted by molar-refractivity contribution is 5.87. The fraction of sp³-hybridized carbons (Fsp3) is 0.533. The summed E-state index contributed by atoms with van der Waals surface area (Å²) in [5.41, 5.74) is 0.960. The normalized spacial score (nSPS) is 22.7. The Morgan fingerprint density at radius 1 is 1.39 bits per heavy atom. The number of ether oxygens (including phenoxy) is 1. The molecule has 3 heteroatoms. The van der Waals surface area contributed by atoms with Crippen molar-refractivity contribution in [2.24, 2.45) is 0 Å². The fourth-order valence-electron chi connectivity index (χ4n) is 2.30. The fourth-order valence-corrected chi connectivity index (χ4v) is 2.30. The van der Waals surface area contributed by atoms with Gasteiger partial charge in [0.2, 0.25) is 0 Å². The molecule has 0 bridgehead atoms. The summed E-state index contributed by atoms with van der Waals surface area (Å²) in [5, 5.41) is 9.81. The summed E-state index contributed by atoms with van der Waals surface area (Å²) >= 11 is 0. The number of hydrogen-bond donors (Lipinski definition) is 1. The molecule has 0 spiro atoms. The van der Waals surface area contributed by atoms with E-state index in [-0.39, 0.29) is 17.5 Å². The molecule has 3 nitrogen and oxygen atoms in total. The summed E-state index contributed by atoms with van der Waals surface area (Å²) in [5.74, 6) is 1.35. The third kappa shape index (κ3) is 2.22. The number of aryl methyl sites for hydroxylation is 1. The van der Waals surface area contributed by atoms with E-state index >= 15 is 0 Å². The predicted molar refractivity (Wildman–Crippen MR) is 70.2 cm³/mol. The van der Waals surface area contributed by atoms with E-state index in [0.29, 0.717) is 6.42 Å². The van der Waals surface area contributed by atoms with E-state index < -0.39 is 5.60 Å². The van der Waals surface area contributed by atoms with Gasteiger partial charge in [-0.3, -0.25) is 4.79 Å². The number of rotatable bonds is 0. The molecule has 0 aliphatic carbocycles. The zero-order valence-corrected chi connectivity index (χ0v) is 11.4. The van der Waals surface area contributed by atoms with Crippen LogP contribution in [-0.2, 0) is 4.79 Å². The number of Topliss-reactive ketones (excluding diaryl/α,β-unsaturated/α-hetero) is 1. The summed E-state index contributed by atoms with van der Waals surface area (Å²) in [7, 11) is 0. The predicted octanol–water partition coefficient (Wildman–Crippen LogP) is 3.32. The summed E-state index contributed by atoms with van der Waals surface area (Å²) in [6.45, 7) is 7.49. The third-order valence-electron chi connectivity index (χ3n) is 3.70. The van der Waals surface area contributed by atoms with Crippen LogP contribution < -0.4 is 4.74 Å². The summed E-state index contributed by atoms with van der Waals surface area (Å²) < 4.78 is 5.88. The maximum absolute atomic E-state index is 12.0. The standard InChI is InChI=1S/C15H20O3/c1-9-5-6-14(17)15(3,4)18-13-7-10(2)12(16)8-11(9)13/h7-9,16H,5-6H2,1-4H3/t9-/m1/s1. The number of ketones is 1. The van der Waals surface area contributed by atoms with Gasteiger partial charge >= 0.3 is 0 Å². The van der Waals surface area contributed by atoms with Gasteiger partial charge in [-0.05, 0) is 50.8 Å². The Hall–Kier alpha value is -1.51. The molecule has 1 aliphatic heterocycles. The minimum Gasteiger partial charge on any atom is -0.508 e. The number of carbonyl (C=O) groups excluding carboxylic acids is 1. The first kappa shape index (κ1) is 12.9. The van der Waals surface area contributed by atoms with E-state index in [1.54, 1.807) is 19.9 Å². The van der Waals surface area contributed by atoms with Crippen molar-refractivity contribution in [3.8, 4) is 11.5 Å². The molecule has 0 radical (unpaired) electrons. The second kappa shape index (κ2) is 4.30. The lowest BCUT2D eigenvalue weighted by Gasteiger charge is -2.31. The van der Waals surface area contributed by atoms with Crippen molar-refractivity contribution in [1.82, 2.24) is 0 Å². The minimum atomic E-state index is -0.793. The van der Waals surface area contributed by atoms with Gasteiger partial charge in [-0.2, -0.15) is 0 Å². The van der Waals surface area contributed by atoms with Gasteiger partial charge in [0.25, 0.3) is 0 Å². The van der Waals surface area contributed by atoms with Crippen LogP contribution in [0.1, 0.15) is 50.7 Å². The Morgan fingerprint density at radius 3 is 2.72 bits per heavy atom. The van der Waals surface area contributed by atoms with E-state index in [2.05, 4.69) is 6.92 Å². The van der Waals surface area contributed by atoms with Gasteiger partial charge in [0, 0.05) is 12.0 Å². The second-order valence-electron chi connectivity index (χ2n) is 5.65. The quantitative estimate of drug-likeness (QED) is 0.766. The Bertz CT molecular complexity index is 489. The highest BCUT2D eigenvalue weighted by Crippen LogP contribution is 2.38. The van der Waals surface area contributed by atoms with E-state index in [9.17, 15) is 9.90 Å². The van der Waals surface area contributed by atoms with Crippen molar-refractivity contribution in [2.45, 2.75) is 52.1 Å². The third-order valence-corrected chi connectivity index (χ3v) is 3.70. The van der Waals surface area contributed by atoms with Crippen molar-refractivity contribution < 1.29 is 14.6 Å². The van der Waals surface area contributed by atoms with Crippen molar-refractivity contribution in [3.05, 3.63) is 23.3 Å². The number of fused-ring (bicyclic) bond motifs is 1. The lowest BCUT2D eigenvalue weighted by atomic mass is 9.88. The van der Waals surface area contributed by atoms with E-state index in [1.165, 1.54) is 0 Å². The average Bonchev–Trinajstić information content (AvgIpc) is 2.28. The van der Waals surface area contributed by atoms with Crippen LogP contribution in [-0.4, -0.2) is 16.5 Å². The highest BCUT2D eigenvalue weighted by Gasteiger charge is 2.33. The number of phenols is 1. The van der Waals surface area contributed by atoms with Gasteiger partial charge in [0.1, 0.15) is 11.5 Å². The van der Waals surface area contributed by atoms with Crippen LogP contribution in [0.15, 0.2) is 12.1 Å². The monoisotopic (exact) mass is 248 g/mol. The van der Waals surface area contributed by atoms with Gasteiger partial charge < -0.3 is 9.84 Å². The summed E-state index contributed by atoms with van der Waals surface area (Å²) in [4.78, 5) is 12.0. The molecule has 0 saturated carbocycles. The second-order valence-corrected chi connectivity index (χ2v) is 5.65. The molecule has 0 saturated heterocycles. The van der Waals surface area contributed by atoms with Crippen LogP contribution in [0.2, 0.25) is 0 Å². The van der Waals surface area contributed by atoms with E-state index in [0.717, 1.165) is 23.3 Å². The first-order valence-electron chi connectivity index (χ1n) is 6.37. The molecule has 1 heterocycles. The molecule has 0 fully saturated rings. The molecule has 18 heavy (non-hydrogen) atoms. The van der Waals surface area contributed by atoms with E-state index in [1.807, 2.05) is 13.0 Å². The minimum absolute atomic E-state index is 0.130. The van der Waals surface area contributed by atoms with Crippen molar-refractivity contribution in [1.29, 1.82) is 0 Å².